The molecule has 2 N–H and O–H groups in total. The van der Waals surface area contributed by atoms with Crippen molar-refractivity contribution < 1.29 is 24.5 Å². The van der Waals surface area contributed by atoms with Crippen molar-refractivity contribution in [2.75, 3.05) is 26.2 Å². The summed E-state index contributed by atoms with van der Waals surface area (Å²) in [4.78, 5) is 21.5. The van der Waals surface area contributed by atoms with Gasteiger partial charge in [-0.1, -0.05) is 235 Å². The van der Waals surface area contributed by atoms with Crippen LogP contribution in [0.4, 0.5) is 0 Å². The summed E-state index contributed by atoms with van der Waals surface area (Å²) in [6.07, 6.45) is 46.4. The third kappa shape index (κ3) is 50.9. The first-order chi connectivity index (χ1) is 27.8. The number of carboxylic acids is 1. The van der Waals surface area contributed by atoms with Crippen LogP contribution in [0.3, 0.4) is 0 Å². The van der Waals surface area contributed by atoms with Crippen molar-refractivity contribution in [3.63, 3.8) is 0 Å². The molecule has 0 spiro atoms. The molecule has 6 heteroatoms. The minimum Gasteiger partial charge on any atom is -0.483 e. The van der Waals surface area contributed by atoms with Gasteiger partial charge in [0.1, 0.15) is 0 Å². The van der Waals surface area contributed by atoms with E-state index in [2.05, 4.69) is 53.4 Å². The van der Waals surface area contributed by atoms with Crippen molar-refractivity contribution in [3.8, 4) is 0 Å². The highest BCUT2D eigenvalue weighted by Crippen LogP contribution is 2.24. The van der Waals surface area contributed by atoms with Gasteiger partial charge in [0.25, 0.3) is 6.47 Å². The van der Waals surface area contributed by atoms with Crippen molar-refractivity contribution in [3.05, 3.63) is 0 Å². The van der Waals surface area contributed by atoms with E-state index in [1.165, 1.54) is 212 Å². The summed E-state index contributed by atoms with van der Waals surface area (Å²) >= 11 is 0. The number of hydrogen-bond donors (Lipinski definition) is 2. The lowest BCUT2D eigenvalue weighted by atomic mass is 9.90. The number of hydrogen-bond acceptors (Lipinski definition) is 4. The number of carboxylic acid groups (broad SMARTS) is 2. The first-order valence-electron chi connectivity index (χ1n) is 25.5. The molecular formula is C51H105NO5. The van der Waals surface area contributed by atoms with Crippen LogP contribution in [0.1, 0.15) is 273 Å². The Bertz CT molecular complexity index is 729. The summed E-state index contributed by atoms with van der Waals surface area (Å²) in [6, 6.07) is 0. The van der Waals surface area contributed by atoms with Crippen LogP contribution in [0.2, 0.25) is 0 Å². The smallest absolute Gasteiger partial charge is 0.303 e. The highest BCUT2D eigenvalue weighted by molar-refractivity contribution is 5.66. The van der Waals surface area contributed by atoms with Gasteiger partial charge in [0.05, 0.1) is 6.10 Å². The average Bonchev–Trinajstić information content (AvgIpc) is 3.21. The molecule has 1 atom stereocenters. The molecule has 6 nitrogen and oxygen atoms in total. The third-order valence-corrected chi connectivity index (χ3v) is 12.1. The van der Waals surface area contributed by atoms with Crippen LogP contribution in [0, 0.1) is 11.8 Å². The molecule has 0 aromatic rings. The molecule has 0 aromatic carbocycles. The number of nitrogens with zero attached hydrogens (tertiary/aromatic N) is 1. The standard InChI is InChI=1S/C39H79NO3.C11H24.CH2O2/c1-5-9-29-37(30-10-6-2)31-23-19-15-12-11-13-16-20-24-32-38(43-36-28-27-35-40(7-3)8-4)33-25-21-17-14-18-22-26-34-39(41)42;1-4-7-9-11(6-3)10-8-5-2;2-1-3/h37-38H,5-36H2,1-4H3,(H,41,42);11H,4-10H2,1-3H3;1H,(H,2,3). The van der Waals surface area contributed by atoms with Gasteiger partial charge in [-0.3, -0.25) is 9.59 Å². The van der Waals surface area contributed by atoms with Crippen LogP contribution in [-0.4, -0.2) is 59.9 Å². The van der Waals surface area contributed by atoms with E-state index in [4.69, 9.17) is 19.7 Å². The molecule has 0 saturated heterocycles. The maximum Gasteiger partial charge on any atom is 0.303 e. The van der Waals surface area contributed by atoms with E-state index in [-0.39, 0.29) is 6.47 Å². The van der Waals surface area contributed by atoms with Gasteiger partial charge in [-0.15, -0.1) is 0 Å². The van der Waals surface area contributed by atoms with Gasteiger partial charge in [0.2, 0.25) is 0 Å². The maximum atomic E-state index is 10.6. The number of ether oxygens (including phenoxy) is 1. The van der Waals surface area contributed by atoms with Gasteiger partial charge in [-0.25, -0.2) is 0 Å². The van der Waals surface area contributed by atoms with E-state index < -0.39 is 5.97 Å². The fourth-order valence-electron chi connectivity index (χ4n) is 8.07. The van der Waals surface area contributed by atoms with Crippen LogP contribution in [-0.2, 0) is 14.3 Å². The van der Waals surface area contributed by atoms with E-state index in [9.17, 15) is 4.79 Å². The Morgan fingerprint density at radius 1 is 0.491 bits per heavy atom. The first-order valence-corrected chi connectivity index (χ1v) is 25.5. The summed E-state index contributed by atoms with van der Waals surface area (Å²) in [7, 11) is 0. The Morgan fingerprint density at radius 3 is 1.21 bits per heavy atom. The summed E-state index contributed by atoms with van der Waals surface area (Å²) in [5, 5.41) is 15.7. The fourth-order valence-corrected chi connectivity index (χ4v) is 8.07. The van der Waals surface area contributed by atoms with Crippen molar-refractivity contribution in [1.29, 1.82) is 0 Å². The van der Waals surface area contributed by atoms with Crippen LogP contribution >= 0.6 is 0 Å². The van der Waals surface area contributed by atoms with Gasteiger partial charge in [0.15, 0.2) is 0 Å². The molecule has 0 fully saturated rings. The molecular weight excluding hydrogens is 707 g/mol. The minimum absolute atomic E-state index is 0.250. The Kier molecular flexibility index (Phi) is 55.8. The van der Waals surface area contributed by atoms with E-state index in [0.29, 0.717) is 12.5 Å². The quantitative estimate of drug-likeness (QED) is 0.0471. The average molecular weight is 812 g/mol. The van der Waals surface area contributed by atoms with Gasteiger partial charge >= 0.3 is 5.97 Å². The van der Waals surface area contributed by atoms with Crippen LogP contribution in [0.5, 0.6) is 0 Å². The molecule has 0 saturated carbocycles. The predicted molar refractivity (Wildman–Crippen MR) is 251 cm³/mol. The largest absolute Gasteiger partial charge is 0.483 e. The van der Waals surface area contributed by atoms with Crippen molar-refractivity contribution in [2.45, 2.75) is 279 Å². The Morgan fingerprint density at radius 2 is 0.842 bits per heavy atom. The molecule has 0 radical (unpaired) electrons. The van der Waals surface area contributed by atoms with Gasteiger partial charge in [-0.2, -0.15) is 0 Å². The number of rotatable bonds is 43. The summed E-state index contributed by atoms with van der Waals surface area (Å²) in [5.74, 6) is 1.37. The first kappa shape index (κ1) is 60.2. The zero-order chi connectivity index (χ0) is 42.9. The maximum absolute atomic E-state index is 10.6. The molecule has 0 rings (SSSR count). The van der Waals surface area contributed by atoms with Crippen LogP contribution in [0.15, 0.2) is 0 Å². The lowest BCUT2D eigenvalue weighted by molar-refractivity contribution is -0.137. The Labute approximate surface area is 358 Å². The highest BCUT2D eigenvalue weighted by Gasteiger charge is 2.11. The molecule has 0 aliphatic carbocycles. The van der Waals surface area contributed by atoms with E-state index in [1.54, 1.807) is 0 Å². The monoisotopic (exact) mass is 812 g/mol. The van der Waals surface area contributed by atoms with E-state index in [0.717, 1.165) is 44.4 Å². The zero-order valence-electron chi connectivity index (χ0n) is 40.0. The minimum atomic E-state index is -0.659. The highest BCUT2D eigenvalue weighted by atomic mass is 16.5. The van der Waals surface area contributed by atoms with Gasteiger partial charge in [0, 0.05) is 13.0 Å². The lowest BCUT2D eigenvalue weighted by Gasteiger charge is -2.20. The molecule has 0 aromatic heterocycles. The topological polar surface area (TPSA) is 87.1 Å². The SMILES string of the molecule is CCCCC(CC)CCCC.CCCCC(CCCC)CCCCCCCCCCCC(CCCCCCCCCC(=O)O)OCCCCN(CC)CC.O=CO. The molecule has 0 bridgehead atoms. The van der Waals surface area contributed by atoms with Crippen LogP contribution in [0.25, 0.3) is 0 Å². The summed E-state index contributed by atoms with van der Waals surface area (Å²) < 4.78 is 6.44. The second-order valence-corrected chi connectivity index (χ2v) is 17.2. The summed E-state index contributed by atoms with van der Waals surface area (Å²) in [5.41, 5.74) is 0. The Hall–Kier alpha value is -1.14. The molecule has 1 unspecified atom stereocenters. The normalized spacial score (nSPS) is 11.8. The molecule has 344 valence electrons. The van der Waals surface area contributed by atoms with Crippen molar-refractivity contribution >= 4 is 12.4 Å². The number of unbranched alkanes of at least 4 members (excludes halogenated alkanes) is 19. The number of carbonyl (C=O) groups is 2. The zero-order valence-corrected chi connectivity index (χ0v) is 40.0. The van der Waals surface area contributed by atoms with Crippen LogP contribution < -0.4 is 0 Å². The molecule has 57 heavy (non-hydrogen) atoms. The van der Waals surface area contributed by atoms with Crippen molar-refractivity contribution in [1.82, 2.24) is 4.90 Å². The fraction of sp³-hybridized carbons (Fsp3) is 0.961. The lowest BCUT2D eigenvalue weighted by Crippen LogP contribution is -2.24. The van der Waals surface area contributed by atoms with Gasteiger partial charge < -0.3 is 19.8 Å². The molecule has 0 aliphatic rings. The van der Waals surface area contributed by atoms with Gasteiger partial charge in [-0.05, 0) is 63.6 Å². The molecule has 0 aliphatic heterocycles. The summed E-state index contributed by atoms with van der Waals surface area (Å²) in [6.45, 7) is 20.3. The van der Waals surface area contributed by atoms with Crippen molar-refractivity contribution in [2.24, 2.45) is 11.8 Å². The second kappa shape index (κ2) is 52.9. The predicted octanol–water partition coefficient (Wildman–Crippen LogP) is 16.5. The Balaban J connectivity index is -0.00000176. The number of aliphatic carboxylic acids is 1. The van der Waals surface area contributed by atoms with E-state index in [1.807, 2.05) is 0 Å². The molecule has 0 amide bonds. The second-order valence-electron chi connectivity index (χ2n) is 17.2. The van der Waals surface area contributed by atoms with E-state index >= 15 is 0 Å². The third-order valence-electron chi connectivity index (χ3n) is 12.1. The molecule has 0 heterocycles.